The van der Waals surface area contributed by atoms with E-state index in [1.165, 1.54) is 43.2 Å². The van der Waals surface area contributed by atoms with E-state index < -0.39 is 0 Å². The monoisotopic (exact) mass is 460 g/mol. The minimum absolute atomic E-state index is 0.349. The maximum atomic E-state index is 6.54. The van der Waals surface area contributed by atoms with Crippen molar-refractivity contribution in [2.24, 2.45) is 0 Å². The summed E-state index contributed by atoms with van der Waals surface area (Å²) in [5.41, 5.74) is 7.46. The lowest BCUT2D eigenvalue weighted by Gasteiger charge is -2.39. The van der Waals surface area contributed by atoms with E-state index in [-0.39, 0.29) is 5.41 Å². The van der Waals surface area contributed by atoms with Gasteiger partial charge in [-0.3, -0.25) is 0 Å². The Morgan fingerprint density at radius 3 is 1.89 bits per heavy atom. The first-order valence-electron chi connectivity index (χ1n) is 9.17. The summed E-state index contributed by atoms with van der Waals surface area (Å²) in [4.78, 5) is 2.61. The zero-order chi connectivity index (χ0) is 18.9. The molecule has 134 valence electrons. The van der Waals surface area contributed by atoms with Crippen LogP contribution in [0, 0.1) is 0 Å². The molecule has 0 atom stereocenters. The summed E-state index contributed by atoms with van der Waals surface area (Å²) in [7, 11) is 0. The lowest BCUT2D eigenvalue weighted by atomic mass is 9.67. The summed E-state index contributed by atoms with van der Waals surface area (Å²) in [6.07, 6.45) is 0. The third kappa shape index (κ3) is 2.09. The van der Waals surface area contributed by atoms with Crippen molar-refractivity contribution in [2.45, 2.75) is 15.2 Å². The Hall–Kier alpha value is -2.00. The fourth-order valence-corrected chi connectivity index (χ4v) is 6.57. The van der Waals surface area contributed by atoms with Gasteiger partial charge in [0, 0.05) is 19.3 Å². The van der Waals surface area contributed by atoms with Crippen molar-refractivity contribution < 1.29 is 0 Å². The molecule has 0 saturated carbocycles. The van der Waals surface area contributed by atoms with Crippen LogP contribution in [0.5, 0.6) is 0 Å². The molecule has 4 aromatic carbocycles. The van der Waals surface area contributed by atoms with Crippen molar-refractivity contribution in [1.82, 2.24) is 0 Å². The van der Waals surface area contributed by atoms with Crippen molar-refractivity contribution in [1.29, 1.82) is 0 Å². The SMILES string of the molecule is Clc1ccc2c(c1)C1(c3ccccc3Sc3ccccc31)c1cc(Br)ccc1-2. The second-order valence-electron chi connectivity index (χ2n) is 7.22. The number of hydrogen-bond donors (Lipinski definition) is 0. The molecule has 0 saturated heterocycles. The minimum atomic E-state index is -0.349. The summed E-state index contributed by atoms with van der Waals surface area (Å²) >= 11 is 12.1. The Kier molecular flexibility index (Phi) is 3.62. The van der Waals surface area contributed by atoms with E-state index >= 15 is 0 Å². The van der Waals surface area contributed by atoms with Crippen LogP contribution >= 0.6 is 39.3 Å². The molecule has 0 aromatic heterocycles. The average Bonchev–Trinajstić information content (AvgIpc) is 2.98. The van der Waals surface area contributed by atoms with Crippen LogP contribution in [0.4, 0.5) is 0 Å². The quantitative estimate of drug-likeness (QED) is 0.221. The van der Waals surface area contributed by atoms with Crippen molar-refractivity contribution in [3.8, 4) is 11.1 Å². The standard InChI is InChI=1S/C25H14BrClS/c26-15-9-11-17-18-12-10-16(27)14-22(18)25(21(17)13-15)19-5-1-3-7-23(19)28-24-8-4-2-6-20(24)25/h1-14H. The van der Waals surface area contributed by atoms with Gasteiger partial charge in [-0.15, -0.1) is 0 Å². The second kappa shape index (κ2) is 6.00. The van der Waals surface area contributed by atoms with Gasteiger partial charge in [-0.2, -0.15) is 0 Å². The van der Waals surface area contributed by atoms with Crippen molar-refractivity contribution in [3.05, 3.63) is 117 Å². The zero-order valence-electron chi connectivity index (χ0n) is 14.7. The Bertz CT molecular complexity index is 1180. The van der Waals surface area contributed by atoms with Crippen LogP contribution in [0.3, 0.4) is 0 Å². The molecule has 1 aliphatic heterocycles. The van der Waals surface area contributed by atoms with E-state index in [0.29, 0.717) is 0 Å². The van der Waals surface area contributed by atoms with Gasteiger partial charge in [0.1, 0.15) is 0 Å². The number of halogens is 2. The van der Waals surface area contributed by atoms with Crippen LogP contribution in [-0.2, 0) is 5.41 Å². The number of rotatable bonds is 0. The molecule has 1 spiro atoms. The van der Waals surface area contributed by atoms with Gasteiger partial charge in [0.25, 0.3) is 0 Å². The largest absolute Gasteiger partial charge is 0.0894 e. The summed E-state index contributed by atoms with van der Waals surface area (Å²) in [5, 5.41) is 0.776. The van der Waals surface area contributed by atoms with Crippen molar-refractivity contribution >= 4 is 39.3 Å². The number of benzene rings is 4. The molecule has 1 heterocycles. The summed E-state index contributed by atoms with van der Waals surface area (Å²) in [6.45, 7) is 0. The van der Waals surface area contributed by atoms with Crippen LogP contribution in [0.25, 0.3) is 11.1 Å². The highest BCUT2D eigenvalue weighted by Gasteiger charge is 2.50. The number of fused-ring (bicyclic) bond motifs is 9. The van der Waals surface area contributed by atoms with Gasteiger partial charge in [-0.1, -0.05) is 87.8 Å². The van der Waals surface area contributed by atoms with Crippen LogP contribution in [0.1, 0.15) is 22.3 Å². The first-order chi connectivity index (χ1) is 13.7. The fraction of sp³-hybridized carbons (Fsp3) is 0.0400. The Balaban J connectivity index is 1.87. The predicted molar refractivity (Wildman–Crippen MR) is 121 cm³/mol. The van der Waals surface area contributed by atoms with Crippen LogP contribution in [0.15, 0.2) is 99.2 Å². The van der Waals surface area contributed by atoms with Crippen LogP contribution in [-0.4, -0.2) is 0 Å². The molecule has 28 heavy (non-hydrogen) atoms. The topological polar surface area (TPSA) is 0 Å². The summed E-state index contributed by atoms with van der Waals surface area (Å²) in [5.74, 6) is 0. The van der Waals surface area contributed by atoms with E-state index in [4.69, 9.17) is 11.6 Å². The van der Waals surface area contributed by atoms with E-state index in [9.17, 15) is 0 Å². The molecule has 3 heteroatoms. The van der Waals surface area contributed by atoms with Gasteiger partial charge in [-0.25, -0.2) is 0 Å². The Morgan fingerprint density at radius 1 is 0.643 bits per heavy atom. The molecule has 0 N–H and O–H groups in total. The molecule has 1 aliphatic carbocycles. The van der Waals surface area contributed by atoms with Gasteiger partial charge >= 0.3 is 0 Å². The molecule has 4 aromatic rings. The molecule has 6 rings (SSSR count). The maximum Gasteiger partial charge on any atom is 0.0736 e. The highest BCUT2D eigenvalue weighted by atomic mass is 79.9. The summed E-state index contributed by atoms with van der Waals surface area (Å²) in [6, 6.07) is 30.6. The van der Waals surface area contributed by atoms with E-state index in [0.717, 1.165) is 9.50 Å². The fourth-order valence-electron chi connectivity index (χ4n) is 4.84. The lowest BCUT2D eigenvalue weighted by Crippen LogP contribution is -2.31. The molecular formula is C25H14BrClS. The van der Waals surface area contributed by atoms with Gasteiger partial charge in [-0.05, 0) is 69.8 Å². The molecular weight excluding hydrogens is 448 g/mol. The summed E-state index contributed by atoms with van der Waals surface area (Å²) < 4.78 is 1.10. The molecule has 0 bridgehead atoms. The molecule has 2 aliphatic rings. The van der Waals surface area contributed by atoms with Crippen LogP contribution in [0.2, 0.25) is 5.02 Å². The number of hydrogen-bond acceptors (Lipinski definition) is 1. The Labute approximate surface area is 181 Å². The molecule has 0 unspecified atom stereocenters. The first-order valence-corrected chi connectivity index (χ1v) is 11.2. The minimum Gasteiger partial charge on any atom is -0.0894 e. The lowest BCUT2D eigenvalue weighted by molar-refractivity contribution is 0.722. The van der Waals surface area contributed by atoms with Crippen LogP contribution < -0.4 is 0 Å². The predicted octanol–water partition coefficient (Wildman–Crippen LogP) is 7.93. The third-order valence-corrected chi connectivity index (χ3v) is 7.74. The second-order valence-corrected chi connectivity index (χ2v) is 9.66. The van der Waals surface area contributed by atoms with Gasteiger partial charge in [0.15, 0.2) is 0 Å². The third-order valence-electron chi connectivity index (χ3n) is 5.86. The van der Waals surface area contributed by atoms with Crippen molar-refractivity contribution in [3.63, 3.8) is 0 Å². The molecule has 0 fully saturated rings. The van der Waals surface area contributed by atoms with Gasteiger partial charge in [0.05, 0.1) is 5.41 Å². The smallest absolute Gasteiger partial charge is 0.0736 e. The molecule has 0 amide bonds. The average molecular weight is 462 g/mol. The van der Waals surface area contributed by atoms with E-state index in [2.05, 4.69) is 94.8 Å². The van der Waals surface area contributed by atoms with Gasteiger partial charge < -0.3 is 0 Å². The van der Waals surface area contributed by atoms with Crippen molar-refractivity contribution in [2.75, 3.05) is 0 Å². The highest BCUT2D eigenvalue weighted by molar-refractivity contribution is 9.10. The van der Waals surface area contributed by atoms with E-state index in [1.54, 1.807) is 0 Å². The normalized spacial score (nSPS) is 14.9. The van der Waals surface area contributed by atoms with Gasteiger partial charge in [0.2, 0.25) is 0 Å². The Morgan fingerprint density at radius 2 is 1.21 bits per heavy atom. The zero-order valence-corrected chi connectivity index (χ0v) is 17.9. The molecule has 0 radical (unpaired) electrons. The maximum absolute atomic E-state index is 6.54. The first kappa shape index (κ1) is 16.9. The molecule has 0 nitrogen and oxygen atoms in total. The highest BCUT2D eigenvalue weighted by Crippen LogP contribution is 2.62. The van der Waals surface area contributed by atoms with E-state index in [1.807, 2.05) is 17.8 Å².